The molecule has 0 radical (unpaired) electrons. The summed E-state index contributed by atoms with van der Waals surface area (Å²) in [6.45, 7) is 4.90. The normalized spacial score (nSPS) is 26.3. The molecule has 2 aliphatic rings. The van der Waals surface area contributed by atoms with Gasteiger partial charge in [-0.25, -0.2) is 13.6 Å². The molecule has 1 aromatic carbocycles. The minimum atomic E-state index is -1.41. The lowest BCUT2D eigenvalue weighted by Gasteiger charge is -2.24. The van der Waals surface area contributed by atoms with Gasteiger partial charge in [0.25, 0.3) is 0 Å². The van der Waals surface area contributed by atoms with Crippen LogP contribution in [0.1, 0.15) is 48.1 Å². The fraction of sp³-hybridized carbons (Fsp3) is 0.524. The summed E-state index contributed by atoms with van der Waals surface area (Å²) in [6.07, 6.45) is 2.27. The number of carboxylic acids is 1. The molecule has 1 saturated heterocycles. The average Bonchev–Trinajstić information content (AvgIpc) is 3.27. The van der Waals surface area contributed by atoms with Crippen LogP contribution in [0.5, 0.6) is 0 Å². The molecule has 6 nitrogen and oxygen atoms in total. The highest BCUT2D eigenvalue weighted by Gasteiger charge is 2.41. The molecule has 1 aliphatic carbocycles. The van der Waals surface area contributed by atoms with Gasteiger partial charge in [0.15, 0.2) is 0 Å². The molecule has 8 heteroatoms. The summed E-state index contributed by atoms with van der Waals surface area (Å²) in [5.74, 6) is -1.74. The van der Waals surface area contributed by atoms with Crippen molar-refractivity contribution in [2.75, 3.05) is 18.0 Å². The Kier molecular flexibility index (Phi) is 4.85. The number of carboxylic acid groups (broad SMARTS) is 1. The number of nitrogens with two attached hydrogens (primary N) is 1. The number of carbonyl (C=O) groups is 1. The van der Waals surface area contributed by atoms with Crippen molar-refractivity contribution in [3.8, 4) is 0 Å². The van der Waals surface area contributed by atoms with E-state index in [1.807, 2.05) is 4.90 Å². The van der Waals surface area contributed by atoms with E-state index in [1.54, 1.807) is 6.92 Å². The number of nitrogens with zero attached hydrogens (tertiary/aromatic N) is 2. The van der Waals surface area contributed by atoms with Crippen LogP contribution in [0.15, 0.2) is 17.1 Å². The second kappa shape index (κ2) is 7.09. The largest absolute Gasteiger partial charge is 0.477 e. The summed E-state index contributed by atoms with van der Waals surface area (Å²) in [5.41, 5.74) is 6.29. The highest BCUT2D eigenvalue weighted by molar-refractivity contribution is 5.95. The Balaban J connectivity index is 1.92. The SMILES string of the molecule is CCCC1CN(c2c(F)cc3c(=O)c(C(=O)O)cn(C4CC4F)c3c2C)CC1N. The smallest absolute Gasteiger partial charge is 0.341 e. The van der Waals surface area contributed by atoms with Crippen molar-refractivity contribution < 1.29 is 18.7 Å². The van der Waals surface area contributed by atoms with Gasteiger partial charge in [-0.1, -0.05) is 13.3 Å². The van der Waals surface area contributed by atoms with Gasteiger partial charge in [-0.05, 0) is 30.9 Å². The quantitative estimate of drug-likeness (QED) is 0.798. The zero-order chi connectivity index (χ0) is 21.0. The first-order chi connectivity index (χ1) is 13.7. The summed E-state index contributed by atoms with van der Waals surface area (Å²) in [7, 11) is 0. The lowest BCUT2D eigenvalue weighted by Crippen LogP contribution is -2.30. The first kappa shape index (κ1) is 19.8. The predicted molar refractivity (Wildman–Crippen MR) is 107 cm³/mol. The van der Waals surface area contributed by atoms with Gasteiger partial charge in [-0.15, -0.1) is 0 Å². The number of aryl methyl sites for hydroxylation is 1. The third-order valence-electron chi connectivity index (χ3n) is 6.21. The molecule has 3 N–H and O–H groups in total. The van der Waals surface area contributed by atoms with E-state index in [4.69, 9.17) is 5.73 Å². The Morgan fingerprint density at radius 3 is 2.66 bits per heavy atom. The van der Waals surface area contributed by atoms with E-state index in [0.717, 1.165) is 18.9 Å². The maximum absolute atomic E-state index is 15.2. The monoisotopic (exact) mass is 405 g/mol. The number of alkyl halides is 1. The zero-order valence-electron chi connectivity index (χ0n) is 16.5. The molecule has 1 aliphatic heterocycles. The molecule has 0 bridgehead atoms. The second-order valence-corrected chi connectivity index (χ2v) is 8.25. The summed E-state index contributed by atoms with van der Waals surface area (Å²) in [6, 6.07) is 0.485. The van der Waals surface area contributed by atoms with Gasteiger partial charge in [0.05, 0.1) is 17.2 Å². The molecule has 4 atom stereocenters. The lowest BCUT2D eigenvalue weighted by molar-refractivity contribution is 0.0694. The average molecular weight is 405 g/mol. The molecule has 1 saturated carbocycles. The van der Waals surface area contributed by atoms with Gasteiger partial charge < -0.3 is 20.3 Å². The molecule has 0 amide bonds. The number of hydrogen-bond acceptors (Lipinski definition) is 4. The van der Waals surface area contributed by atoms with Gasteiger partial charge in [0.1, 0.15) is 17.6 Å². The van der Waals surface area contributed by atoms with Crippen molar-refractivity contribution >= 4 is 22.6 Å². The van der Waals surface area contributed by atoms with Crippen molar-refractivity contribution in [2.45, 2.75) is 51.4 Å². The highest BCUT2D eigenvalue weighted by Crippen LogP contribution is 2.43. The van der Waals surface area contributed by atoms with E-state index in [-0.39, 0.29) is 23.8 Å². The molecule has 0 spiro atoms. The first-order valence-corrected chi connectivity index (χ1v) is 10.00. The molecule has 4 unspecified atom stereocenters. The van der Waals surface area contributed by atoms with Crippen LogP contribution in [-0.4, -0.2) is 40.9 Å². The highest BCUT2D eigenvalue weighted by atomic mass is 19.1. The van der Waals surface area contributed by atoms with Crippen molar-refractivity contribution in [3.63, 3.8) is 0 Å². The van der Waals surface area contributed by atoms with E-state index in [0.29, 0.717) is 29.9 Å². The molecule has 2 aromatic rings. The maximum Gasteiger partial charge on any atom is 0.341 e. The number of aromatic carboxylic acids is 1. The number of fused-ring (bicyclic) bond motifs is 1. The topological polar surface area (TPSA) is 88.6 Å². The fourth-order valence-electron chi connectivity index (χ4n) is 4.67. The molecule has 2 fully saturated rings. The van der Waals surface area contributed by atoms with Crippen molar-refractivity contribution in [1.29, 1.82) is 0 Å². The Labute approximate surface area is 166 Å². The molecule has 2 heterocycles. The summed E-state index contributed by atoms with van der Waals surface area (Å²) >= 11 is 0. The van der Waals surface area contributed by atoms with Gasteiger partial charge in [-0.3, -0.25) is 4.79 Å². The van der Waals surface area contributed by atoms with Gasteiger partial charge in [-0.2, -0.15) is 0 Å². The van der Waals surface area contributed by atoms with E-state index < -0.39 is 35.0 Å². The van der Waals surface area contributed by atoms with Crippen molar-refractivity contribution in [1.82, 2.24) is 4.57 Å². The lowest BCUT2D eigenvalue weighted by atomic mass is 9.99. The van der Waals surface area contributed by atoms with Crippen LogP contribution in [0.2, 0.25) is 0 Å². The third-order valence-corrected chi connectivity index (χ3v) is 6.21. The van der Waals surface area contributed by atoms with Gasteiger partial charge >= 0.3 is 5.97 Å². The van der Waals surface area contributed by atoms with Crippen LogP contribution < -0.4 is 16.1 Å². The Hall–Kier alpha value is -2.48. The minimum absolute atomic E-state index is 0.0312. The van der Waals surface area contributed by atoms with Crippen LogP contribution >= 0.6 is 0 Å². The van der Waals surface area contributed by atoms with Gasteiger partial charge in [0.2, 0.25) is 5.43 Å². The molecule has 1 aromatic heterocycles. The summed E-state index contributed by atoms with van der Waals surface area (Å²) in [4.78, 5) is 26.1. The van der Waals surface area contributed by atoms with Crippen molar-refractivity contribution in [3.05, 3.63) is 39.4 Å². The molecular weight excluding hydrogens is 380 g/mol. The number of aromatic nitrogens is 1. The van der Waals surface area contributed by atoms with E-state index in [2.05, 4.69) is 6.92 Å². The van der Waals surface area contributed by atoms with E-state index in [1.165, 1.54) is 10.8 Å². The molecule has 4 rings (SSSR count). The van der Waals surface area contributed by atoms with Crippen LogP contribution in [0, 0.1) is 18.7 Å². The van der Waals surface area contributed by atoms with E-state index in [9.17, 15) is 19.1 Å². The number of anilines is 1. The molecule has 29 heavy (non-hydrogen) atoms. The minimum Gasteiger partial charge on any atom is -0.477 e. The Morgan fingerprint density at radius 1 is 1.38 bits per heavy atom. The third kappa shape index (κ3) is 3.19. The number of halogens is 2. The molecule has 156 valence electrons. The fourth-order valence-corrected chi connectivity index (χ4v) is 4.67. The van der Waals surface area contributed by atoms with Gasteiger partial charge in [0, 0.05) is 37.1 Å². The number of rotatable bonds is 5. The van der Waals surface area contributed by atoms with Crippen LogP contribution in [0.4, 0.5) is 14.5 Å². The Bertz CT molecular complexity index is 1050. The second-order valence-electron chi connectivity index (χ2n) is 8.25. The number of benzene rings is 1. The van der Waals surface area contributed by atoms with Crippen LogP contribution in [-0.2, 0) is 0 Å². The predicted octanol–water partition coefficient (Wildman–Crippen LogP) is 2.99. The van der Waals surface area contributed by atoms with Crippen molar-refractivity contribution in [2.24, 2.45) is 11.7 Å². The number of pyridine rings is 1. The summed E-state index contributed by atoms with van der Waals surface area (Å²) < 4.78 is 30.5. The van der Waals surface area contributed by atoms with Crippen LogP contribution in [0.3, 0.4) is 0 Å². The first-order valence-electron chi connectivity index (χ1n) is 10.00. The van der Waals surface area contributed by atoms with E-state index >= 15 is 4.39 Å². The summed E-state index contributed by atoms with van der Waals surface area (Å²) in [5, 5.41) is 9.34. The Morgan fingerprint density at radius 2 is 2.07 bits per heavy atom. The standard InChI is InChI=1S/C21H25F2N3O3/c1-3-4-11-7-25(9-16(11)24)19-10(2)18-12(5-15(19)23)20(27)13(21(28)29)8-26(18)17-6-14(17)22/h5,8,11,14,16-17H,3-4,6-7,9,24H2,1-2H3,(H,28,29). The number of hydrogen-bond donors (Lipinski definition) is 2. The molecular formula is C21H25F2N3O3. The maximum atomic E-state index is 15.2. The zero-order valence-corrected chi connectivity index (χ0v) is 16.5. The van der Waals surface area contributed by atoms with Crippen LogP contribution in [0.25, 0.3) is 10.9 Å².